The molecule has 3 aromatic carbocycles. The molecule has 0 spiro atoms. The number of piperidine rings is 1. The number of hydrogen-bond donors (Lipinski definition) is 1. The maximum atomic E-state index is 12.8. The number of likely N-dealkylation sites (tertiary alicyclic amines) is 1. The molecular formula is C30H33N3O4S. The van der Waals surface area contributed by atoms with Crippen molar-refractivity contribution in [1.29, 1.82) is 5.26 Å². The molecule has 1 aliphatic heterocycles. The molecule has 0 saturated carbocycles. The minimum absolute atomic E-state index is 0.202. The topological polar surface area (TPSA) is 99.5 Å². The standard InChI is InChI=1S/C30H33N3O4S/c1-22(2)38(35,36)26-15-13-25(14-16-26)27-11-7-8-12-28(27)32-30(21-31)17-18-33(23(3)19-30)29(34)37-20-24-9-5-4-6-10-24/h4-16,22-23,32H,17-20H2,1-3H3. The van der Waals surface area contributed by atoms with E-state index in [1.54, 1.807) is 43.0 Å². The molecule has 2 unspecified atom stereocenters. The Kier molecular flexibility index (Phi) is 8.08. The number of amides is 1. The summed E-state index contributed by atoms with van der Waals surface area (Å²) in [6.07, 6.45) is 0.489. The number of ether oxygens (including phenoxy) is 1. The van der Waals surface area contributed by atoms with Crippen LogP contribution in [0.1, 0.15) is 39.2 Å². The van der Waals surface area contributed by atoms with E-state index in [-0.39, 0.29) is 23.6 Å². The second-order valence-electron chi connectivity index (χ2n) is 10.0. The van der Waals surface area contributed by atoms with Crippen LogP contribution >= 0.6 is 0 Å². The van der Waals surface area contributed by atoms with E-state index in [4.69, 9.17) is 4.74 Å². The third kappa shape index (κ3) is 5.84. The average Bonchev–Trinajstić information content (AvgIpc) is 2.92. The number of nitrogens with zero attached hydrogens (tertiary/aromatic N) is 2. The fourth-order valence-electron chi connectivity index (χ4n) is 4.76. The first-order valence-electron chi connectivity index (χ1n) is 12.8. The van der Waals surface area contributed by atoms with Gasteiger partial charge in [0, 0.05) is 36.7 Å². The summed E-state index contributed by atoms with van der Waals surface area (Å²) < 4.78 is 30.6. The zero-order valence-corrected chi connectivity index (χ0v) is 22.7. The number of para-hydroxylation sites is 1. The highest BCUT2D eigenvalue weighted by atomic mass is 32.2. The van der Waals surface area contributed by atoms with Crippen LogP contribution < -0.4 is 5.32 Å². The Morgan fingerprint density at radius 2 is 1.74 bits per heavy atom. The first-order chi connectivity index (χ1) is 18.1. The van der Waals surface area contributed by atoms with E-state index in [9.17, 15) is 18.5 Å². The van der Waals surface area contributed by atoms with Gasteiger partial charge in [-0.25, -0.2) is 13.2 Å². The van der Waals surface area contributed by atoms with Crippen molar-refractivity contribution in [1.82, 2.24) is 4.90 Å². The minimum Gasteiger partial charge on any atom is -0.445 e. The fourth-order valence-corrected chi connectivity index (χ4v) is 5.82. The van der Waals surface area contributed by atoms with Crippen molar-refractivity contribution < 1.29 is 17.9 Å². The first kappa shape index (κ1) is 27.2. The number of rotatable bonds is 7. The summed E-state index contributed by atoms with van der Waals surface area (Å²) >= 11 is 0. The van der Waals surface area contributed by atoms with Gasteiger partial charge in [0.1, 0.15) is 12.1 Å². The summed E-state index contributed by atoms with van der Waals surface area (Å²) in [5.74, 6) is 0. The number of carbonyl (C=O) groups is 1. The van der Waals surface area contributed by atoms with Crippen molar-refractivity contribution in [2.45, 2.75) is 61.9 Å². The van der Waals surface area contributed by atoms with E-state index in [2.05, 4.69) is 11.4 Å². The lowest BCUT2D eigenvalue weighted by atomic mass is 9.84. The van der Waals surface area contributed by atoms with Crippen LogP contribution in [0.2, 0.25) is 0 Å². The van der Waals surface area contributed by atoms with Crippen molar-refractivity contribution in [3.63, 3.8) is 0 Å². The lowest BCUT2D eigenvalue weighted by Crippen LogP contribution is -2.54. The van der Waals surface area contributed by atoms with Gasteiger partial charge in [-0.05, 0) is 50.1 Å². The molecule has 7 nitrogen and oxygen atoms in total. The Morgan fingerprint density at radius 3 is 2.37 bits per heavy atom. The molecule has 0 aliphatic carbocycles. The van der Waals surface area contributed by atoms with E-state index in [0.29, 0.717) is 19.4 Å². The Balaban J connectivity index is 1.48. The van der Waals surface area contributed by atoms with E-state index >= 15 is 0 Å². The number of nitriles is 1. The zero-order valence-electron chi connectivity index (χ0n) is 21.9. The number of benzene rings is 3. The SMILES string of the molecule is CC1CC(C#N)(Nc2ccccc2-c2ccc(S(=O)(=O)C(C)C)cc2)CCN1C(=O)OCc1ccccc1. The van der Waals surface area contributed by atoms with Gasteiger partial charge in [0.25, 0.3) is 0 Å². The van der Waals surface area contributed by atoms with Crippen molar-refractivity contribution in [3.8, 4) is 17.2 Å². The smallest absolute Gasteiger partial charge is 0.410 e. The third-order valence-electron chi connectivity index (χ3n) is 7.02. The third-order valence-corrected chi connectivity index (χ3v) is 9.19. The molecule has 1 saturated heterocycles. The van der Waals surface area contributed by atoms with Gasteiger partial charge < -0.3 is 15.0 Å². The first-order valence-corrected chi connectivity index (χ1v) is 14.3. The van der Waals surface area contributed by atoms with Crippen LogP contribution in [0.15, 0.2) is 83.8 Å². The predicted octanol–water partition coefficient (Wildman–Crippen LogP) is 6.03. The van der Waals surface area contributed by atoms with Crippen LogP contribution in [-0.4, -0.2) is 42.8 Å². The van der Waals surface area contributed by atoms with Crippen LogP contribution in [0.3, 0.4) is 0 Å². The summed E-state index contributed by atoms with van der Waals surface area (Å²) in [6, 6.07) is 26.3. The lowest BCUT2D eigenvalue weighted by molar-refractivity contribution is 0.0651. The normalized spacial score (nSPS) is 19.6. The second kappa shape index (κ2) is 11.3. The maximum Gasteiger partial charge on any atom is 0.410 e. The summed E-state index contributed by atoms with van der Waals surface area (Å²) in [5, 5.41) is 13.2. The monoisotopic (exact) mass is 531 g/mol. The molecule has 0 radical (unpaired) electrons. The molecule has 1 heterocycles. The van der Waals surface area contributed by atoms with E-state index in [0.717, 1.165) is 22.4 Å². The summed E-state index contributed by atoms with van der Waals surface area (Å²) in [7, 11) is -3.36. The van der Waals surface area contributed by atoms with E-state index in [1.165, 1.54) is 0 Å². The Labute approximate surface area is 225 Å². The fraction of sp³-hybridized carbons (Fsp3) is 0.333. The van der Waals surface area contributed by atoms with Gasteiger partial charge in [0.05, 0.1) is 16.2 Å². The van der Waals surface area contributed by atoms with Gasteiger partial charge in [0.2, 0.25) is 0 Å². The van der Waals surface area contributed by atoms with Gasteiger partial charge in [-0.15, -0.1) is 0 Å². The molecule has 4 rings (SSSR count). The summed E-state index contributed by atoms with van der Waals surface area (Å²) in [4.78, 5) is 14.7. The molecule has 2 atom stereocenters. The zero-order chi connectivity index (χ0) is 27.3. The van der Waals surface area contributed by atoms with Crippen LogP contribution in [-0.2, 0) is 21.2 Å². The van der Waals surface area contributed by atoms with Crippen LogP contribution in [0, 0.1) is 11.3 Å². The number of anilines is 1. The Morgan fingerprint density at radius 1 is 1.08 bits per heavy atom. The van der Waals surface area contributed by atoms with Crippen molar-refractivity contribution in [2.75, 3.05) is 11.9 Å². The van der Waals surface area contributed by atoms with Crippen molar-refractivity contribution in [2.24, 2.45) is 0 Å². The highest BCUT2D eigenvalue weighted by Crippen LogP contribution is 2.35. The predicted molar refractivity (Wildman–Crippen MR) is 148 cm³/mol. The highest BCUT2D eigenvalue weighted by molar-refractivity contribution is 7.92. The highest BCUT2D eigenvalue weighted by Gasteiger charge is 2.41. The molecule has 3 aromatic rings. The molecule has 38 heavy (non-hydrogen) atoms. The Bertz CT molecular complexity index is 1420. The van der Waals surface area contributed by atoms with Crippen molar-refractivity contribution >= 4 is 21.6 Å². The summed E-state index contributed by atoms with van der Waals surface area (Å²) in [6.45, 7) is 5.85. The molecule has 1 fully saturated rings. The molecule has 0 aromatic heterocycles. The van der Waals surface area contributed by atoms with Crippen LogP contribution in [0.25, 0.3) is 11.1 Å². The largest absolute Gasteiger partial charge is 0.445 e. The van der Waals surface area contributed by atoms with Gasteiger partial charge in [-0.1, -0.05) is 60.7 Å². The molecule has 198 valence electrons. The van der Waals surface area contributed by atoms with Gasteiger partial charge >= 0.3 is 6.09 Å². The van der Waals surface area contributed by atoms with E-state index in [1.807, 2.05) is 61.5 Å². The van der Waals surface area contributed by atoms with Crippen molar-refractivity contribution in [3.05, 3.63) is 84.4 Å². The van der Waals surface area contributed by atoms with Gasteiger partial charge in [-0.2, -0.15) is 5.26 Å². The summed E-state index contributed by atoms with van der Waals surface area (Å²) in [5.41, 5.74) is 2.55. The van der Waals surface area contributed by atoms with Crippen LogP contribution in [0.4, 0.5) is 10.5 Å². The van der Waals surface area contributed by atoms with Crippen LogP contribution in [0.5, 0.6) is 0 Å². The maximum absolute atomic E-state index is 12.8. The minimum atomic E-state index is -3.36. The Hall–Kier alpha value is -3.83. The van der Waals surface area contributed by atoms with Gasteiger partial charge in [-0.3, -0.25) is 0 Å². The number of nitrogens with one attached hydrogen (secondary N) is 1. The second-order valence-corrected chi connectivity index (χ2v) is 12.5. The average molecular weight is 532 g/mol. The molecule has 1 aliphatic rings. The van der Waals surface area contributed by atoms with E-state index < -0.39 is 20.6 Å². The number of carbonyl (C=O) groups excluding carboxylic acids is 1. The molecular weight excluding hydrogens is 498 g/mol. The molecule has 0 bridgehead atoms. The number of sulfone groups is 1. The lowest BCUT2D eigenvalue weighted by Gasteiger charge is -2.42. The number of hydrogen-bond acceptors (Lipinski definition) is 6. The molecule has 1 N–H and O–H groups in total. The quantitative estimate of drug-likeness (QED) is 0.400. The molecule has 8 heteroatoms. The molecule has 1 amide bonds. The van der Waals surface area contributed by atoms with Gasteiger partial charge in [0.15, 0.2) is 9.84 Å².